The van der Waals surface area contributed by atoms with Crippen LogP contribution in [0.3, 0.4) is 0 Å². The van der Waals surface area contributed by atoms with Crippen molar-refractivity contribution in [1.82, 2.24) is 4.90 Å². The Kier molecular flexibility index (Phi) is 5.50. The summed E-state index contributed by atoms with van der Waals surface area (Å²) in [6, 6.07) is 13.8. The molecule has 6 heteroatoms. The van der Waals surface area contributed by atoms with Crippen LogP contribution in [0.2, 0.25) is 0 Å². The lowest BCUT2D eigenvalue weighted by Crippen LogP contribution is -2.32. The normalized spacial score (nSPS) is 18.1. The average Bonchev–Trinajstić information content (AvgIpc) is 3.11. The molecule has 2 aromatic rings. The highest BCUT2D eigenvalue weighted by atomic mass is 32.2. The summed E-state index contributed by atoms with van der Waals surface area (Å²) in [6.45, 7) is 3.03. The van der Waals surface area contributed by atoms with Crippen LogP contribution in [0.1, 0.15) is 9.75 Å². The van der Waals surface area contributed by atoms with Crippen molar-refractivity contribution in [2.45, 2.75) is 6.92 Å². The number of thioether (sulfide) groups is 1. The van der Waals surface area contributed by atoms with Crippen LogP contribution in [0.5, 0.6) is 0 Å². The Morgan fingerprint density at radius 2 is 2.00 bits per heavy atom. The Bertz CT molecular complexity index is 781. The first kappa shape index (κ1) is 17.0. The lowest BCUT2D eigenvalue weighted by atomic mass is 10.3. The average molecular weight is 358 g/mol. The summed E-state index contributed by atoms with van der Waals surface area (Å²) in [5.74, 6) is -0.0159. The van der Waals surface area contributed by atoms with Gasteiger partial charge >= 0.3 is 0 Å². The maximum absolute atomic E-state index is 12.7. The monoisotopic (exact) mass is 358 g/mol. The number of hydrogen-bond donors (Lipinski definition) is 0. The molecule has 1 fully saturated rings. The van der Waals surface area contributed by atoms with E-state index in [-0.39, 0.29) is 5.91 Å². The molecule has 0 radical (unpaired) electrons. The van der Waals surface area contributed by atoms with E-state index >= 15 is 0 Å². The fourth-order valence-electron chi connectivity index (χ4n) is 2.24. The first-order valence-corrected chi connectivity index (χ1v) is 9.21. The molecule has 3 rings (SSSR count). The Hall–Kier alpha value is -1.89. The summed E-state index contributed by atoms with van der Waals surface area (Å²) >= 11 is 3.09. The van der Waals surface area contributed by atoms with Crippen LogP contribution in [-0.4, -0.2) is 36.2 Å². The standard InChI is InChI=1S/C18H18N2O2S2/c1-13-8-9-15(23-13)12-16-17(21)20(10-11-22-2)18(24-16)19-14-6-4-3-5-7-14/h3-9,12H,10-11H2,1-2H3. The molecular formula is C18H18N2O2S2. The minimum Gasteiger partial charge on any atom is -0.383 e. The second-order valence-electron chi connectivity index (χ2n) is 5.24. The van der Waals surface area contributed by atoms with Gasteiger partial charge in [-0.05, 0) is 49.0 Å². The molecule has 4 nitrogen and oxygen atoms in total. The second kappa shape index (κ2) is 7.79. The highest BCUT2D eigenvalue weighted by Gasteiger charge is 2.33. The van der Waals surface area contributed by atoms with Gasteiger partial charge in [0.15, 0.2) is 5.17 Å². The van der Waals surface area contributed by atoms with Gasteiger partial charge in [-0.15, -0.1) is 11.3 Å². The number of methoxy groups -OCH3 is 1. The van der Waals surface area contributed by atoms with E-state index in [1.807, 2.05) is 42.5 Å². The third-order valence-corrected chi connectivity index (χ3v) is 5.38. The highest BCUT2D eigenvalue weighted by molar-refractivity contribution is 8.18. The van der Waals surface area contributed by atoms with E-state index in [9.17, 15) is 4.79 Å². The van der Waals surface area contributed by atoms with E-state index in [4.69, 9.17) is 4.74 Å². The van der Waals surface area contributed by atoms with E-state index in [0.29, 0.717) is 23.2 Å². The van der Waals surface area contributed by atoms with Gasteiger partial charge in [0, 0.05) is 16.9 Å². The molecule has 124 valence electrons. The van der Waals surface area contributed by atoms with E-state index < -0.39 is 0 Å². The number of amides is 1. The van der Waals surface area contributed by atoms with Crippen LogP contribution < -0.4 is 0 Å². The van der Waals surface area contributed by atoms with Gasteiger partial charge in [0.25, 0.3) is 5.91 Å². The fraction of sp³-hybridized carbons (Fsp3) is 0.222. The zero-order chi connectivity index (χ0) is 16.9. The third kappa shape index (κ3) is 3.95. The summed E-state index contributed by atoms with van der Waals surface area (Å²) in [4.78, 5) is 22.1. The smallest absolute Gasteiger partial charge is 0.266 e. The van der Waals surface area contributed by atoms with Crippen molar-refractivity contribution >= 4 is 45.9 Å². The van der Waals surface area contributed by atoms with Gasteiger partial charge in [0.1, 0.15) is 0 Å². The molecule has 1 saturated heterocycles. The molecule has 2 heterocycles. The van der Waals surface area contributed by atoms with Crippen LogP contribution in [0, 0.1) is 6.92 Å². The van der Waals surface area contributed by atoms with Crippen molar-refractivity contribution in [3.8, 4) is 0 Å². The first-order chi connectivity index (χ1) is 11.7. The molecule has 1 aliphatic heterocycles. The minimum atomic E-state index is -0.0159. The van der Waals surface area contributed by atoms with Crippen molar-refractivity contribution in [3.63, 3.8) is 0 Å². The van der Waals surface area contributed by atoms with Crippen LogP contribution in [0.4, 0.5) is 5.69 Å². The molecule has 1 amide bonds. The lowest BCUT2D eigenvalue weighted by Gasteiger charge is -2.14. The molecule has 0 N–H and O–H groups in total. The van der Waals surface area contributed by atoms with E-state index in [1.165, 1.54) is 16.6 Å². The lowest BCUT2D eigenvalue weighted by molar-refractivity contribution is -0.122. The second-order valence-corrected chi connectivity index (χ2v) is 7.57. The van der Waals surface area contributed by atoms with Crippen LogP contribution in [0.15, 0.2) is 52.4 Å². The first-order valence-electron chi connectivity index (χ1n) is 7.58. The van der Waals surface area contributed by atoms with E-state index in [2.05, 4.69) is 18.0 Å². The van der Waals surface area contributed by atoms with Crippen LogP contribution >= 0.6 is 23.1 Å². The molecule has 0 bridgehead atoms. The van der Waals surface area contributed by atoms with Gasteiger partial charge in [-0.25, -0.2) is 4.99 Å². The molecule has 1 aromatic carbocycles. The summed E-state index contributed by atoms with van der Waals surface area (Å²) in [7, 11) is 1.63. The SMILES string of the molecule is COCCN1C(=O)C(=Cc2ccc(C)s2)SC1=Nc1ccccc1. The number of nitrogens with zero attached hydrogens (tertiary/aromatic N) is 2. The molecule has 1 aliphatic rings. The van der Waals surface area contributed by atoms with Gasteiger partial charge < -0.3 is 4.74 Å². The van der Waals surface area contributed by atoms with Gasteiger partial charge in [0.05, 0.1) is 23.7 Å². The Morgan fingerprint density at radius 1 is 1.21 bits per heavy atom. The Morgan fingerprint density at radius 3 is 2.67 bits per heavy atom. The van der Waals surface area contributed by atoms with Gasteiger partial charge in [-0.3, -0.25) is 9.69 Å². The molecule has 0 atom stereocenters. The van der Waals surface area contributed by atoms with Crippen molar-refractivity contribution in [2.75, 3.05) is 20.3 Å². The third-order valence-electron chi connectivity index (χ3n) is 3.42. The summed E-state index contributed by atoms with van der Waals surface area (Å²) < 4.78 is 5.13. The quantitative estimate of drug-likeness (QED) is 0.748. The summed E-state index contributed by atoms with van der Waals surface area (Å²) in [6.07, 6.45) is 1.94. The zero-order valence-electron chi connectivity index (χ0n) is 13.6. The van der Waals surface area contributed by atoms with Gasteiger partial charge in [-0.2, -0.15) is 0 Å². The van der Waals surface area contributed by atoms with Crippen molar-refractivity contribution < 1.29 is 9.53 Å². The topological polar surface area (TPSA) is 41.9 Å². The van der Waals surface area contributed by atoms with Crippen LogP contribution in [0.25, 0.3) is 6.08 Å². The maximum Gasteiger partial charge on any atom is 0.266 e. The highest BCUT2D eigenvalue weighted by Crippen LogP contribution is 2.34. The molecule has 1 aromatic heterocycles. The summed E-state index contributed by atoms with van der Waals surface area (Å²) in [5, 5.41) is 0.697. The number of aryl methyl sites for hydroxylation is 1. The number of para-hydroxylation sites is 1. The molecule has 0 unspecified atom stereocenters. The Labute approximate surface area is 149 Å². The van der Waals surface area contributed by atoms with E-state index in [0.717, 1.165) is 10.6 Å². The number of rotatable bonds is 5. The molecule has 0 saturated carbocycles. The number of thiophene rings is 1. The van der Waals surface area contributed by atoms with Crippen molar-refractivity contribution in [1.29, 1.82) is 0 Å². The number of benzene rings is 1. The van der Waals surface area contributed by atoms with Gasteiger partial charge in [-0.1, -0.05) is 18.2 Å². The zero-order valence-corrected chi connectivity index (χ0v) is 15.2. The molecule has 24 heavy (non-hydrogen) atoms. The fourth-order valence-corrected chi connectivity index (χ4v) is 4.16. The maximum atomic E-state index is 12.7. The Balaban J connectivity index is 1.90. The molecule has 0 spiro atoms. The number of carbonyl (C=O) groups excluding carboxylic acids is 1. The number of ether oxygens (including phenoxy) is 1. The summed E-state index contributed by atoms with van der Waals surface area (Å²) in [5.41, 5.74) is 0.837. The van der Waals surface area contributed by atoms with Gasteiger partial charge in [0.2, 0.25) is 0 Å². The minimum absolute atomic E-state index is 0.0159. The molecular weight excluding hydrogens is 340 g/mol. The predicted octanol–water partition coefficient (Wildman–Crippen LogP) is 4.31. The number of aliphatic imine (C=N–C) groups is 1. The number of carbonyl (C=O) groups is 1. The largest absolute Gasteiger partial charge is 0.383 e. The van der Waals surface area contributed by atoms with Crippen molar-refractivity contribution in [2.24, 2.45) is 4.99 Å². The number of hydrogen-bond acceptors (Lipinski definition) is 5. The van der Waals surface area contributed by atoms with Crippen LogP contribution in [-0.2, 0) is 9.53 Å². The van der Waals surface area contributed by atoms with E-state index in [1.54, 1.807) is 23.3 Å². The van der Waals surface area contributed by atoms with Crippen molar-refractivity contribution in [3.05, 3.63) is 57.1 Å². The molecule has 0 aliphatic carbocycles. The predicted molar refractivity (Wildman–Crippen MR) is 102 cm³/mol. The number of amidine groups is 1.